The van der Waals surface area contributed by atoms with Gasteiger partial charge < -0.3 is 30.1 Å². The van der Waals surface area contributed by atoms with E-state index in [0.29, 0.717) is 51.4 Å². The van der Waals surface area contributed by atoms with Crippen molar-refractivity contribution in [2.45, 2.75) is 61.5 Å². The highest BCUT2D eigenvalue weighted by atomic mass is 32.2. The minimum absolute atomic E-state index is 0.0925. The maximum absolute atomic E-state index is 14.2. The zero-order valence-electron chi connectivity index (χ0n) is 24.2. The van der Waals surface area contributed by atoms with E-state index >= 15 is 0 Å². The maximum atomic E-state index is 14.2. The number of rotatable bonds is 13. The summed E-state index contributed by atoms with van der Waals surface area (Å²) in [7, 11) is 0. The van der Waals surface area contributed by atoms with Crippen LogP contribution in [-0.4, -0.2) is 107 Å². The summed E-state index contributed by atoms with van der Waals surface area (Å²) in [5.41, 5.74) is 0.660. The summed E-state index contributed by atoms with van der Waals surface area (Å²) in [5, 5.41) is 15.5. The van der Waals surface area contributed by atoms with E-state index < -0.39 is 27.4 Å². The Bertz CT molecular complexity index is 1100. The number of aliphatic hydroxyl groups excluding tert-OH is 1. The van der Waals surface area contributed by atoms with Crippen LogP contribution in [0, 0.1) is 11.8 Å². The fraction of sp³-hybridized carbons (Fsp3) is 0.700. The van der Waals surface area contributed by atoms with Gasteiger partial charge in [-0.05, 0) is 70.2 Å². The van der Waals surface area contributed by atoms with Crippen molar-refractivity contribution in [2.24, 2.45) is 11.8 Å². The van der Waals surface area contributed by atoms with Gasteiger partial charge in [0.25, 0.3) is 0 Å². The summed E-state index contributed by atoms with van der Waals surface area (Å²) in [4.78, 5) is 46.0. The molecule has 5 rings (SSSR count). The van der Waals surface area contributed by atoms with Crippen LogP contribution in [0.2, 0.25) is 0 Å². The summed E-state index contributed by atoms with van der Waals surface area (Å²) in [6.07, 6.45) is 3.64. The number of hydrogen-bond acceptors (Lipinski definition) is 8. The van der Waals surface area contributed by atoms with E-state index in [9.17, 15) is 19.5 Å². The lowest BCUT2D eigenvalue weighted by Gasteiger charge is -2.35. The molecule has 226 valence electrons. The molecule has 4 saturated heterocycles. The summed E-state index contributed by atoms with van der Waals surface area (Å²) in [6, 6.07) is 6.66. The summed E-state index contributed by atoms with van der Waals surface area (Å²) < 4.78 is 9.89. The zero-order valence-corrected chi connectivity index (χ0v) is 25.0. The molecule has 1 aromatic carbocycles. The van der Waals surface area contributed by atoms with Crippen LogP contribution in [0.5, 0.6) is 5.75 Å². The van der Waals surface area contributed by atoms with E-state index in [-0.39, 0.29) is 24.3 Å². The standard InChI is InChI=1S/C30H44N4O6S/c1-3-40-22-9-7-21(8-10-22)32-26(36)23-24-28(38)34(14-5-4-6-18-35)25(30(24)12-11-29(23,2)41-30)27(37)31-13-15-33-16-19-39-20-17-33/h7-10,23-25,35H,3-6,11-20H2,1-2H3,(H,31,37)(H,32,36)/t23-,24-,25?,29+,30?/m0/s1. The molecule has 10 nitrogen and oxygen atoms in total. The lowest BCUT2D eigenvalue weighted by molar-refractivity contribution is -0.139. The predicted molar refractivity (Wildman–Crippen MR) is 158 cm³/mol. The second-order valence-corrected chi connectivity index (χ2v) is 13.6. The van der Waals surface area contributed by atoms with Crippen LogP contribution in [0.1, 0.15) is 46.0 Å². The third-order valence-electron chi connectivity index (χ3n) is 9.13. The van der Waals surface area contributed by atoms with Crippen molar-refractivity contribution in [3.63, 3.8) is 0 Å². The minimum Gasteiger partial charge on any atom is -0.494 e. The number of hydrogen-bond donors (Lipinski definition) is 3. The molecule has 11 heteroatoms. The van der Waals surface area contributed by atoms with Crippen molar-refractivity contribution in [1.82, 2.24) is 15.1 Å². The Labute approximate surface area is 246 Å². The number of likely N-dealkylation sites (tertiary alicyclic amines) is 1. The largest absolute Gasteiger partial charge is 0.494 e. The number of benzene rings is 1. The van der Waals surface area contributed by atoms with Crippen molar-refractivity contribution in [2.75, 3.05) is 64.5 Å². The number of anilines is 1. The number of nitrogens with one attached hydrogen (secondary N) is 2. The molecule has 1 aromatic rings. The van der Waals surface area contributed by atoms with Crippen LogP contribution in [0.25, 0.3) is 0 Å². The molecular formula is C30H44N4O6S. The average Bonchev–Trinajstić information content (AvgIpc) is 3.53. The number of carbonyl (C=O) groups is 3. The third kappa shape index (κ3) is 5.96. The van der Waals surface area contributed by atoms with Gasteiger partial charge >= 0.3 is 0 Å². The number of amides is 3. The molecule has 5 atom stereocenters. The number of morpholine rings is 1. The number of unbranched alkanes of at least 4 members (excludes halogenated alkanes) is 2. The normalized spacial score (nSPS) is 30.9. The summed E-state index contributed by atoms with van der Waals surface area (Å²) >= 11 is 1.69. The molecule has 2 unspecified atom stereocenters. The molecule has 4 fully saturated rings. The van der Waals surface area contributed by atoms with E-state index in [0.717, 1.165) is 44.6 Å². The fourth-order valence-electron chi connectivity index (χ4n) is 7.22. The molecule has 4 aliphatic heterocycles. The third-order valence-corrected chi connectivity index (χ3v) is 11.1. The van der Waals surface area contributed by atoms with Crippen LogP contribution >= 0.6 is 11.8 Å². The van der Waals surface area contributed by atoms with Gasteiger partial charge in [0.05, 0.1) is 36.4 Å². The fourth-order valence-corrected chi connectivity index (χ4v) is 9.57. The lowest BCUT2D eigenvalue weighted by Crippen LogP contribution is -2.54. The Morgan fingerprint density at radius 2 is 1.85 bits per heavy atom. The molecule has 4 heterocycles. The van der Waals surface area contributed by atoms with Gasteiger partial charge in [-0.15, -0.1) is 11.8 Å². The average molecular weight is 589 g/mol. The number of thioether (sulfide) groups is 1. The predicted octanol–water partition coefficient (Wildman–Crippen LogP) is 2.12. The van der Waals surface area contributed by atoms with Crippen molar-refractivity contribution >= 4 is 35.2 Å². The molecule has 0 radical (unpaired) electrons. The van der Waals surface area contributed by atoms with E-state index in [1.54, 1.807) is 16.7 Å². The Morgan fingerprint density at radius 3 is 2.56 bits per heavy atom. The Hall–Kier alpha value is -2.34. The first-order valence-electron chi connectivity index (χ1n) is 15.1. The highest BCUT2D eigenvalue weighted by molar-refractivity contribution is 8.02. The van der Waals surface area contributed by atoms with Gasteiger partial charge in [-0.1, -0.05) is 0 Å². The first-order chi connectivity index (χ1) is 19.8. The second-order valence-electron chi connectivity index (χ2n) is 11.7. The Balaban J connectivity index is 1.35. The highest BCUT2D eigenvalue weighted by Gasteiger charge is 2.77. The van der Waals surface area contributed by atoms with Gasteiger partial charge in [0.15, 0.2) is 0 Å². The molecule has 2 bridgehead atoms. The van der Waals surface area contributed by atoms with Gasteiger partial charge in [0, 0.05) is 49.8 Å². The van der Waals surface area contributed by atoms with Gasteiger partial charge in [-0.3, -0.25) is 19.3 Å². The van der Waals surface area contributed by atoms with Gasteiger partial charge in [-0.25, -0.2) is 0 Å². The first-order valence-corrected chi connectivity index (χ1v) is 15.9. The van der Waals surface area contributed by atoms with E-state index in [1.807, 2.05) is 31.2 Å². The maximum Gasteiger partial charge on any atom is 0.244 e. The van der Waals surface area contributed by atoms with Crippen molar-refractivity contribution in [1.29, 1.82) is 0 Å². The van der Waals surface area contributed by atoms with Crippen molar-refractivity contribution in [3.8, 4) is 5.75 Å². The molecule has 3 N–H and O–H groups in total. The lowest BCUT2D eigenvalue weighted by atomic mass is 9.66. The Kier molecular flexibility index (Phi) is 9.47. The number of ether oxygens (including phenoxy) is 2. The molecule has 0 saturated carbocycles. The SMILES string of the molecule is CCOc1ccc(NC(=O)[C@@H]2[C@H]3C(=O)N(CCCCCO)C(C(=O)NCCN4CCOCC4)C34CC[C@@]2(C)S4)cc1. The number of fused-ring (bicyclic) bond motifs is 1. The van der Waals surface area contributed by atoms with Crippen molar-refractivity contribution in [3.05, 3.63) is 24.3 Å². The smallest absolute Gasteiger partial charge is 0.244 e. The van der Waals surface area contributed by atoms with Crippen LogP contribution in [0.4, 0.5) is 5.69 Å². The van der Waals surface area contributed by atoms with Gasteiger partial charge in [0.2, 0.25) is 17.7 Å². The zero-order chi connectivity index (χ0) is 29.0. The Morgan fingerprint density at radius 1 is 1.10 bits per heavy atom. The molecule has 4 aliphatic rings. The molecule has 0 aromatic heterocycles. The van der Waals surface area contributed by atoms with Crippen molar-refractivity contribution < 1.29 is 29.0 Å². The number of carbonyl (C=O) groups excluding carboxylic acids is 3. The topological polar surface area (TPSA) is 120 Å². The van der Waals surface area contributed by atoms with E-state index in [2.05, 4.69) is 22.5 Å². The van der Waals surface area contributed by atoms with Gasteiger partial charge in [-0.2, -0.15) is 0 Å². The molecule has 3 amide bonds. The van der Waals surface area contributed by atoms with Crippen LogP contribution < -0.4 is 15.4 Å². The number of nitrogens with zero attached hydrogens (tertiary/aromatic N) is 2. The minimum atomic E-state index is -0.632. The van der Waals surface area contributed by atoms with E-state index in [1.165, 1.54) is 0 Å². The molecule has 41 heavy (non-hydrogen) atoms. The first kappa shape index (κ1) is 30.1. The second kappa shape index (κ2) is 12.9. The van der Waals surface area contributed by atoms with Crippen LogP contribution in [-0.2, 0) is 19.1 Å². The monoisotopic (exact) mass is 588 g/mol. The number of aliphatic hydroxyl groups is 1. The van der Waals surface area contributed by atoms with Crippen LogP contribution in [0.3, 0.4) is 0 Å². The van der Waals surface area contributed by atoms with Crippen LogP contribution in [0.15, 0.2) is 24.3 Å². The molecule has 0 aliphatic carbocycles. The molecule has 1 spiro atoms. The summed E-state index contributed by atoms with van der Waals surface area (Å²) in [5.74, 6) is -0.742. The summed E-state index contributed by atoms with van der Waals surface area (Å²) in [6.45, 7) is 9.46. The molecular weight excluding hydrogens is 544 g/mol. The quantitative estimate of drug-likeness (QED) is 0.300. The van der Waals surface area contributed by atoms with E-state index in [4.69, 9.17) is 9.47 Å². The van der Waals surface area contributed by atoms with Gasteiger partial charge in [0.1, 0.15) is 11.8 Å². The highest BCUT2D eigenvalue weighted by Crippen LogP contribution is 2.71.